The Bertz CT molecular complexity index is 126. The molecule has 0 heterocycles. The molecule has 1 N–H and O–H groups in total. The summed E-state index contributed by atoms with van der Waals surface area (Å²) in [5.41, 5.74) is 0. The summed E-state index contributed by atoms with van der Waals surface area (Å²) >= 11 is 0. The van der Waals surface area contributed by atoms with Gasteiger partial charge in [-0.1, -0.05) is 34.1 Å². The molecule has 1 atom stereocenters. The second-order valence-corrected chi connectivity index (χ2v) is 4.47. The van der Waals surface area contributed by atoms with Crippen LogP contribution >= 0.6 is 0 Å². The quantitative estimate of drug-likeness (QED) is 0.563. The smallest absolute Gasteiger partial charge is 0.000680 e. The zero-order valence-corrected chi connectivity index (χ0v) is 11.2. The van der Waals surface area contributed by atoms with Crippen molar-refractivity contribution >= 4 is 0 Å². The van der Waals surface area contributed by atoms with E-state index in [9.17, 15) is 0 Å². The first-order chi connectivity index (χ1) is 7.24. The van der Waals surface area contributed by atoms with Crippen LogP contribution in [0, 0.1) is 5.92 Å². The summed E-state index contributed by atoms with van der Waals surface area (Å²) in [4.78, 5) is 2.58. The Hall–Kier alpha value is -0.0800. The highest BCUT2D eigenvalue weighted by Gasteiger charge is 2.06. The zero-order valence-electron chi connectivity index (χ0n) is 11.2. The molecule has 0 fully saturated rings. The lowest BCUT2D eigenvalue weighted by molar-refractivity contribution is 0.241. The van der Waals surface area contributed by atoms with Gasteiger partial charge in [0, 0.05) is 6.54 Å². The third kappa shape index (κ3) is 8.88. The first-order valence-corrected chi connectivity index (χ1v) is 6.67. The van der Waals surface area contributed by atoms with Crippen molar-refractivity contribution in [1.82, 2.24) is 10.2 Å². The molecular weight excluding hydrogens is 184 g/mol. The summed E-state index contributed by atoms with van der Waals surface area (Å²) in [7, 11) is 0. The van der Waals surface area contributed by atoms with Gasteiger partial charge in [-0.05, 0) is 44.9 Å². The second kappa shape index (κ2) is 10.4. The minimum Gasteiger partial charge on any atom is -0.317 e. The van der Waals surface area contributed by atoms with E-state index in [0.29, 0.717) is 0 Å². The molecule has 0 aliphatic rings. The van der Waals surface area contributed by atoms with Crippen molar-refractivity contribution in [1.29, 1.82) is 0 Å². The third-order valence-electron chi connectivity index (χ3n) is 3.04. The second-order valence-electron chi connectivity index (χ2n) is 4.47. The van der Waals surface area contributed by atoms with E-state index in [4.69, 9.17) is 0 Å². The normalized spacial score (nSPS) is 13.4. The van der Waals surface area contributed by atoms with Crippen molar-refractivity contribution in [3.63, 3.8) is 0 Å². The maximum absolute atomic E-state index is 3.37. The fourth-order valence-corrected chi connectivity index (χ4v) is 1.71. The molecule has 92 valence electrons. The Morgan fingerprint density at radius 2 is 1.87 bits per heavy atom. The van der Waals surface area contributed by atoms with E-state index in [0.717, 1.165) is 12.5 Å². The van der Waals surface area contributed by atoms with E-state index >= 15 is 0 Å². The van der Waals surface area contributed by atoms with Crippen molar-refractivity contribution in [3.05, 3.63) is 0 Å². The molecule has 0 aliphatic carbocycles. The fraction of sp³-hybridized carbons (Fsp3) is 1.00. The van der Waals surface area contributed by atoms with Crippen LogP contribution in [0.2, 0.25) is 0 Å². The lowest BCUT2D eigenvalue weighted by Gasteiger charge is -2.23. The summed E-state index contributed by atoms with van der Waals surface area (Å²) < 4.78 is 0. The third-order valence-corrected chi connectivity index (χ3v) is 3.04. The first-order valence-electron chi connectivity index (χ1n) is 6.67. The number of unbranched alkanes of at least 4 members (excludes halogenated alkanes) is 1. The molecule has 15 heavy (non-hydrogen) atoms. The first kappa shape index (κ1) is 14.9. The summed E-state index contributed by atoms with van der Waals surface area (Å²) in [5.74, 6) is 0.846. The summed E-state index contributed by atoms with van der Waals surface area (Å²) in [6, 6.07) is 0. The maximum Gasteiger partial charge on any atom is 0.000680 e. The summed E-state index contributed by atoms with van der Waals surface area (Å²) in [6.07, 6.45) is 3.94. The number of hydrogen-bond acceptors (Lipinski definition) is 2. The highest BCUT2D eigenvalue weighted by Crippen LogP contribution is 2.05. The summed E-state index contributed by atoms with van der Waals surface area (Å²) in [6.45, 7) is 15.1. The zero-order chi connectivity index (χ0) is 11.5. The van der Waals surface area contributed by atoms with Gasteiger partial charge in [0.1, 0.15) is 0 Å². The van der Waals surface area contributed by atoms with Crippen LogP contribution in [0.25, 0.3) is 0 Å². The van der Waals surface area contributed by atoms with E-state index in [1.54, 1.807) is 0 Å². The molecule has 1 unspecified atom stereocenters. The van der Waals surface area contributed by atoms with E-state index in [1.807, 2.05) is 0 Å². The molecule has 0 aromatic rings. The van der Waals surface area contributed by atoms with Gasteiger partial charge in [0.15, 0.2) is 0 Å². The standard InChI is InChI=1S/C13H30N2/c1-5-13(4)12-15(7-3)11-9-8-10-14-6-2/h13-14H,5-12H2,1-4H3. The van der Waals surface area contributed by atoms with E-state index in [2.05, 4.69) is 37.9 Å². The predicted molar refractivity (Wildman–Crippen MR) is 69.3 cm³/mol. The van der Waals surface area contributed by atoms with Crippen LogP contribution in [0.5, 0.6) is 0 Å². The van der Waals surface area contributed by atoms with Crippen LogP contribution in [0.1, 0.15) is 47.0 Å². The molecular formula is C13H30N2. The molecule has 0 amide bonds. The van der Waals surface area contributed by atoms with Crippen molar-refractivity contribution in [3.8, 4) is 0 Å². The largest absolute Gasteiger partial charge is 0.317 e. The van der Waals surface area contributed by atoms with Crippen molar-refractivity contribution in [2.24, 2.45) is 5.92 Å². The van der Waals surface area contributed by atoms with E-state index in [1.165, 1.54) is 45.4 Å². The number of hydrogen-bond donors (Lipinski definition) is 1. The van der Waals surface area contributed by atoms with Crippen LogP contribution in [-0.2, 0) is 0 Å². The van der Waals surface area contributed by atoms with Crippen LogP contribution < -0.4 is 5.32 Å². The Kier molecular flexibility index (Phi) is 10.4. The molecule has 2 nitrogen and oxygen atoms in total. The molecule has 2 heteroatoms. The van der Waals surface area contributed by atoms with Gasteiger partial charge in [0.05, 0.1) is 0 Å². The highest BCUT2D eigenvalue weighted by molar-refractivity contribution is 4.60. The van der Waals surface area contributed by atoms with Gasteiger partial charge in [-0.2, -0.15) is 0 Å². The molecule has 0 bridgehead atoms. The SMILES string of the molecule is CCNCCCCN(CC)CC(C)CC. The summed E-state index contributed by atoms with van der Waals surface area (Å²) in [5, 5.41) is 3.37. The molecule has 0 saturated heterocycles. The number of rotatable bonds is 10. The van der Waals surface area contributed by atoms with Gasteiger partial charge in [-0.3, -0.25) is 0 Å². The molecule has 0 spiro atoms. The van der Waals surface area contributed by atoms with Gasteiger partial charge < -0.3 is 10.2 Å². The maximum atomic E-state index is 3.37. The number of nitrogens with zero attached hydrogens (tertiary/aromatic N) is 1. The van der Waals surface area contributed by atoms with Crippen molar-refractivity contribution < 1.29 is 0 Å². The van der Waals surface area contributed by atoms with Crippen molar-refractivity contribution in [2.75, 3.05) is 32.7 Å². The molecule has 0 radical (unpaired) electrons. The Morgan fingerprint density at radius 1 is 1.13 bits per heavy atom. The monoisotopic (exact) mass is 214 g/mol. The Balaban J connectivity index is 3.44. The molecule has 0 aromatic heterocycles. The minimum absolute atomic E-state index is 0.846. The average Bonchev–Trinajstić information content (AvgIpc) is 2.26. The van der Waals surface area contributed by atoms with Crippen LogP contribution in [0.15, 0.2) is 0 Å². The van der Waals surface area contributed by atoms with E-state index in [-0.39, 0.29) is 0 Å². The Morgan fingerprint density at radius 3 is 2.40 bits per heavy atom. The lowest BCUT2D eigenvalue weighted by Crippen LogP contribution is -2.29. The van der Waals surface area contributed by atoms with Crippen LogP contribution in [0.4, 0.5) is 0 Å². The fourth-order valence-electron chi connectivity index (χ4n) is 1.71. The molecule has 0 aliphatic heterocycles. The van der Waals surface area contributed by atoms with E-state index < -0.39 is 0 Å². The van der Waals surface area contributed by atoms with Crippen LogP contribution in [0.3, 0.4) is 0 Å². The van der Waals surface area contributed by atoms with Gasteiger partial charge in [0.2, 0.25) is 0 Å². The number of nitrogens with one attached hydrogen (secondary N) is 1. The topological polar surface area (TPSA) is 15.3 Å². The van der Waals surface area contributed by atoms with Gasteiger partial charge in [0.25, 0.3) is 0 Å². The van der Waals surface area contributed by atoms with Gasteiger partial charge >= 0.3 is 0 Å². The highest BCUT2D eigenvalue weighted by atomic mass is 15.1. The van der Waals surface area contributed by atoms with Crippen LogP contribution in [-0.4, -0.2) is 37.6 Å². The average molecular weight is 214 g/mol. The minimum atomic E-state index is 0.846. The Labute approximate surface area is 96.4 Å². The molecule has 0 rings (SSSR count). The molecule has 0 saturated carbocycles. The predicted octanol–water partition coefficient (Wildman–Crippen LogP) is 2.74. The lowest BCUT2D eigenvalue weighted by atomic mass is 10.1. The van der Waals surface area contributed by atoms with Crippen molar-refractivity contribution in [2.45, 2.75) is 47.0 Å². The van der Waals surface area contributed by atoms with Gasteiger partial charge in [-0.25, -0.2) is 0 Å². The molecule has 0 aromatic carbocycles. The van der Waals surface area contributed by atoms with Gasteiger partial charge in [-0.15, -0.1) is 0 Å².